The molecule has 12 heteroatoms. The first kappa shape index (κ1) is 36.7. The van der Waals surface area contributed by atoms with Gasteiger partial charge in [-0.2, -0.15) is 0 Å². The van der Waals surface area contributed by atoms with Gasteiger partial charge in [-0.05, 0) is 74.0 Å². The second-order valence-electron chi connectivity index (χ2n) is 18.0. The molecule has 1 heterocycles. The van der Waals surface area contributed by atoms with Crippen molar-refractivity contribution in [3.05, 3.63) is 0 Å². The summed E-state index contributed by atoms with van der Waals surface area (Å²) < 4.78 is 5.57. The minimum atomic E-state index is -1.04. The van der Waals surface area contributed by atoms with E-state index in [1.807, 2.05) is 41.5 Å². The van der Waals surface area contributed by atoms with E-state index in [4.69, 9.17) is 4.74 Å². The van der Waals surface area contributed by atoms with Crippen molar-refractivity contribution in [1.29, 1.82) is 0 Å². The first-order valence-electron chi connectivity index (χ1n) is 17.2. The van der Waals surface area contributed by atoms with Gasteiger partial charge < -0.3 is 30.9 Å². The molecule has 1 unspecified atom stereocenters. The third-order valence-corrected chi connectivity index (χ3v) is 9.97. The average Bonchev–Trinajstić information content (AvgIpc) is 3.86. The molecule has 1 aliphatic heterocycles. The highest BCUT2D eigenvalue weighted by atomic mass is 16.6. The highest BCUT2D eigenvalue weighted by molar-refractivity contribution is 6.38. The van der Waals surface area contributed by atoms with Crippen LogP contribution >= 0.6 is 0 Å². The number of urea groups is 1. The molecule has 3 saturated carbocycles. The summed E-state index contributed by atoms with van der Waals surface area (Å²) >= 11 is 0. The fourth-order valence-electron chi connectivity index (χ4n) is 6.74. The maximum atomic E-state index is 14.3. The van der Waals surface area contributed by atoms with Crippen molar-refractivity contribution >= 4 is 35.5 Å². The largest absolute Gasteiger partial charge is 0.458 e. The zero-order valence-corrected chi connectivity index (χ0v) is 30.2. The van der Waals surface area contributed by atoms with Gasteiger partial charge in [0, 0.05) is 12.6 Å². The minimum absolute atomic E-state index is 0.0153. The van der Waals surface area contributed by atoms with Crippen molar-refractivity contribution < 1.29 is 33.5 Å². The van der Waals surface area contributed by atoms with Crippen LogP contribution in [0.3, 0.4) is 0 Å². The SMILES string of the molecule is CC(C)(C)OC(=O)[C@@H](NC(=O)N[C@H](C(=O)N1C[C@H]2[C@@H]([C@H]1C(=O)NC(CC1CC1)C(=O)C(=O)NC1CC1)C2(C)C)C(C)(C)C)C(C)(C)C. The molecule has 0 bridgehead atoms. The van der Waals surface area contributed by atoms with Crippen LogP contribution in [-0.2, 0) is 28.7 Å². The first-order chi connectivity index (χ1) is 21.4. The second kappa shape index (κ2) is 12.7. The summed E-state index contributed by atoms with van der Waals surface area (Å²) in [7, 11) is 0. The fraction of sp³-hybridized carbons (Fsp3) is 0.829. The zero-order valence-electron chi connectivity index (χ0n) is 30.2. The number of nitrogens with zero attached hydrogens (tertiary/aromatic N) is 1. The van der Waals surface area contributed by atoms with E-state index in [0.29, 0.717) is 13.0 Å². The number of ether oxygens (including phenoxy) is 1. The van der Waals surface area contributed by atoms with Crippen molar-refractivity contribution in [3.63, 3.8) is 0 Å². The monoisotopic (exact) mass is 659 g/mol. The molecule has 0 aromatic rings. The molecule has 1 saturated heterocycles. The van der Waals surface area contributed by atoms with Gasteiger partial charge in [-0.25, -0.2) is 9.59 Å². The third kappa shape index (κ3) is 8.84. The number of nitrogens with one attached hydrogen (secondary N) is 4. The number of carbonyl (C=O) groups is 6. The number of rotatable bonds is 11. The molecule has 0 aromatic carbocycles. The number of carbonyl (C=O) groups excluding carboxylic acids is 6. The molecule has 4 N–H and O–H groups in total. The number of hydrogen-bond donors (Lipinski definition) is 4. The van der Waals surface area contributed by atoms with Gasteiger partial charge in [-0.3, -0.25) is 19.2 Å². The number of ketones is 1. The fourth-order valence-corrected chi connectivity index (χ4v) is 6.74. The van der Waals surface area contributed by atoms with Gasteiger partial charge in [0.05, 0.1) is 6.04 Å². The molecule has 264 valence electrons. The van der Waals surface area contributed by atoms with Crippen LogP contribution in [0.2, 0.25) is 0 Å². The number of amides is 5. The minimum Gasteiger partial charge on any atom is -0.458 e. The Morgan fingerprint density at radius 3 is 1.85 bits per heavy atom. The molecule has 4 fully saturated rings. The Bertz CT molecular complexity index is 1280. The Hall–Kier alpha value is -3.18. The molecule has 0 spiro atoms. The van der Waals surface area contributed by atoms with E-state index in [1.54, 1.807) is 20.8 Å². The molecular weight excluding hydrogens is 602 g/mol. The van der Waals surface area contributed by atoms with E-state index in [2.05, 4.69) is 35.1 Å². The van der Waals surface area contributed by atoms with Crippen molar-refractivity contribution in [2.45, 2.75) is 144 Å². The van der Waals surface area contributed by atoms with Crippen LogP contribution in [0.5, 0.6) is 0 Å². The Labute approximate surface area is 279 Å². The summed E-state index contributed by atoms with van der Waals surface area (Å²) in [5.74, 6) is -2.57. The number of fused-ring (bicyclic) bond motifs is 1. The Morgan fingerprint density at radius 2 is 1.36 bits per heavy atom. The van der Waals surface area contributed by atoms with Crippen LogP contribution < -0.4 is 21.3 Å². The summed E-state index contributed by atoms with van der Waals surface area (Å²) in [6, 6.07) is -4.54. The molecule has 4 aliphatic rings. The number of esters is 1. The Morgan fingerprint density at radius 1 is 0.809 bits per heavy atom. The van der Waals surface area contributed by atoms with Crippen LogP contribution in [0.4, 0.5) is 4.79 Å². The molecule has 12 nitrogen and oxygen atoms in total. The van der Waals surface area contributed by atoms with Gasteiger partial charge in [-0.15, -0.1) is 0 Å². The predicted octanol–water partition coefficient (Wildman–Crippen LogP) is 3.07. The van der Waals surface area contributed by atoms with E-state index in [0.717, 1.165) is 25.7 Å². The van der Waals surface area contributed by atoms with Gasteiger partial charge in [0.1, 0.15) is 23.7 Å². The van der Waals surface area contributed by atoms with Crippen molar-refractivity contribution in [3.8, 4) is 0 Å². The van der Waals surface area contributed by atoms with Crippen LogP contribution in [0.25, 0.3) is 0 Å². The van der Waals surface area contributed by atoms with Gasteiger partial charge in [0.15, 0.2) is 0 Å². The molecule has 5 amide bonds. The molecule has 47 heavy (non-hydrogen) atoms. The molecule has 0 radical (unpaired) electrons. The number of Topliss-reactive ketones (excluding diaryl/α,β-unsaturated/α-hetero) is 1. The highest BCUT2D eigenvalue weighted by Gasteiger charge is 2.70. The summed E-state index contributed by atoms with van der Waals surface area (Å²) in [5, 5.41) is 11.2. The van der Waals surface area contributed by atoms with E-state index < -0.39 is 76.1 Å². The lowest BCUT2D eigenvalue weighted by molar-refractivity contribution is -0.160. The van der Waals surface area contributed by atoms with Crippen LogP contribution in [0.1, 0.15) is 108 Å². The van der Waals surface area contributed by atoms with Crippen molar-refractivity contribution in [2.24, 2.45) is 34.0 Å². The van der Waals surface area contributed by atoms with Gasteiger partial charge in [0.25, 0.3) is 5.91 Å². The summed E-state index contributed by atoms with van der Waals surface area (Å²) in [6.45, 7) is 20.6. The van der Waals surface area contributed by atoms with Crippen LogP contribution in [0.15, 0.2) is 0 Å². The average molecular weight is 660 g/mol. The summed E-state index contributed by atoms with van der Waals surface area (Å²) in [5.41, 5.74) is -2.39. The Balaban J connectivity index is 1.52. The highest BCUT2D eigenvalue weighted by Crippen LogP contribution is 2.65. The topological polar surface area (TPSA) is 163 Å². The number of likely N-dealkylation sites (tertiary alicyclic amines) is 1. The molecule has 4 rings (SSSR count). The van der Waals surface area contributed by atoms with E-state index >= 15 is 0 Å². The number of hydrogen-bond acceptors (Lipinski definition) is 7. The standard InChI is InChI=1S/C35H57N5O7/c1-32(2,3)25(38-31(46)39-26(33(4,5)6)30(45)47-34(7,8)9)29(44)40-17-20-22(35(20,10)11)23(40)27(42)37-21(16-18-12-13-18)24(41)28(43)36-19-14-15-19/h18-23,25-26H,12-17H2,1-11H3,(H,36,43)(H,37,42)(H2,38,39,46)/t20-,21?,22-,23-,25+,26+/m0/s1. The van der Waals surface area contributed by atoms with E-state index in [1.165, 1.54) is 4.90 Å². The smallest absolute Gasteiger partial charge is 0.329 e. The first-order valence-corrected chi connectivity index (χ1v) is 17.2. The van der Waals surface area contributed by atoms with Gasteiger partial charge in [0.2, 0.25) is 17.6 Å². The van der Waals surface area contributed by atoms with E-state index in [9.17, 15) is 28.8 Å². The lowest BCUT2D eigenvalue weighted by atomic mass is 9.85. The lowest BCUT2D eigenvalue weighted by Crippen LogP contribution is -2.63. The molecule has 6 atom stereocenters. The van der Waals surface area contributed by atoms with Crippen LogP contribution in [-0.4, -0.2) is 82.8 Å². The molecule has 0 aromatic heterocycles. The molecular formula is C35H57N5O7. The Kier molecular flexibility index (Phi) is 9.90. The normalized spacial score (nSPS) is 25.4. The van der Waals surface area contributed by atoms with Crippen LogP contribution in [0, 0.1) is 34.0 Å². The van der Waals surface area contributed by atoms with Gasteiger partial charge in [-0.1, -0.05) is 68.2 Å². The predicted molar refractivity (Wildman–Crippen MR) is 176 cm³/mol. The summed E-state index contributed by atoms with van der Waals surface area (Å²) in [4.78, 5) is 82.3. The maximum Gasteiger partial charge on any atom is 0.329 e. The van der Waals surface area contributed by atoms with E-state index in [-0.39, 0.29) is 29.2 Å². The summed E-state index contributed by atoms with van der Waals surface area (Å²) in [6.07, 6.45) is 3.96. The van der Waals surface area contributed by atoms with Gasteiger partial charge >= 0.3 is 12.0 Å². The maximum absolute atomic E-state index is 14.3. The third-order valence-electron chi connectivity index (χ3n) is 9.97. The quantitative estimate of drug-likeness (QED) is 0.196. The van der Waals surface area contributed by atoms with Crippen molar-refractivity contribution in [1.82, 2.24) is 26.2 Å². The van der Waals surface area contributed by atoms with Crippen molar-refractivity contribution in [2.75, 3.05) is 6.54 Å². The zero-order chi connectivity index (χ0) is 35.4. The second-order valence-corrected chi connectivity index (χ2v) is 18.0. The number of piperidine rings is 1. The molecule has 3 aliphatic carbocycles. The lowest BCUT2D eigenvalue weighted by Gasteiger charge is -2.38.